The summed E-state index contributed by atoms with van der Waals surface area (Å²) in [5.41, 5.74) is 9.78. The number of H-pyrrole nitrogens is 1. The summed E-state index contributed by atoms with van der Waals surface area (Å²) in [6, 6.07) is 0.00650. The van der Waals surface area contributed by atoms with Gasteiger partial charge in [-0.15, -0.1) is 6.42 Å². The second-order valence-electron chi connectivity index (χ2n) is 7.40. The van der Waals surface area contributed by atoms with Crippen molar-refractivity contribution in [3.8, 4) is 12.3 Å². The van der Waals surface area contributed by atoms with Crippen LogP contribution in [0.25, 0.3) is 6.08 Å². The van der Waals surface area contributed by atoms with E-state index in [1.165, 1.54) is 0 Å². The molecule has 1 aliphatic rings. The molecule has 0 aliphatic carbocycles. The molecule has 0 spiro atoms. The van der Waals surface area contributed by atoms with Crippen molar-refractivity contribution in [2.24, 2.45) is 10.7 Å². The molecule has 1 amide bonds. The lowest BCUT2D eigenvalue weighted by Crippen LogP contribution is -2.49. The summed E-state index contributed by atoms with van der Waals surface area (Å²) in [6.07, 6.45) is 15.1. The van der Waals surface area contributed by atoms with Gasteiger partial charge in [0.1, 0.15) is 5.70 Å². The molecule has 0 radical (unpaired) electrons. The highest BCUT2D eigenvalue weighted by molar-refractivity contribution is 5.96. The summed E-state index contributed by atoms with van der Waals surface area (Å²) < 4.78 is 0. The predicted octanol–water partition coefficient (Wildman–Crippen LogP) is 1.92. The minimum absolute atomic E-state index is 0.00650. The number of terminal acetylenes is 1. The average Bonchev–Trinajstić information content (AvgIpc) is 3.10. The number of nitrogens with zero attached hydrogens (tertiary/aromatic N) is 2. The van der Waals surface area contributed by atoms with Gasteiger partial charge in [0.2, 0.25) is 0 Å². The second-order valence-corrected chi connectivity index (χ2v) is 7.40. The van der Waals surface area contributed by atoms with Gasteiger partial charge in [0.15, 0.2) is 5.96 Å². The van der Waals surface area contributed by atoms with Crippen LogP contribution in [0.15, 0.2) is 29.0 Å². The maximum Gasteiger partial charge on any atom is 0.269 e. The Labute approximate surface area is 179 Å². The first kappa shape index (κ1) is 23.3. The topological polar surface area (TPSA) is 98.5 Å². The van der Waals surface area contributed by atoms with Crippen molar-refractivity contribution in [3.63, 3.8) is 0 Å². The van der Waals surface area contributed by atoms with Crippen molar-refractivity contribution in [2.45, 2.75) is 46.1 Å². The Bertz CT molecular complexity index is 836. The van der Waals surface area contributed by atoms with Gasteiger partial charge in [0, 0.05) is 44.1 Å². The molecule has 2 rings (SSSR count). The molecule has 7 heteroatoms. The lowest BCUT2D eigenvalue weighted by molar-refractivity contribution is -0.118. The van der Waals surface area contributed by atoms with E-state index in [1.807, 2.05) is 17.2 Å². The number of hydrogen-bond donors (Lipinski definition) is 4. The fourth-order valence-corrected chi connectivity index (χ4v) is 3.50. The quantitative estimate of drug-likeness (QED) is 0.228. The molecule has 1 aliphatic heterocycles. The Hall–Kier alpha value is -2.98. The molecule has 7 nitrogen and oxygen atoms in total. The number of amides is 1. The van der Waals surface area contributed by atoms with Crippen LogP contribution in [0, 0.1) is 19.3 Å². The van der Waals surface area contributed by atoms with E-state index < -0.39 is 0 Å². The van der Waals surface area contributed by atoms with Crippen molar-refractivity contribution >= 4 is 17.9 Å². The van der Waals surface area contributed by atoms with Crippen LogP contribution in [0.4, 0.5) is 0 Å². The minimum atomic E-state index is -0.199. The summed E-state index contributed by atoms with van der Waals surface area (Å²) in [5.74, 6) is 2.69. The summed E-state index contributed by atoms with van der Waals surface area (Å²) in [6.45, 7) is 9.27. The Kier molecular flexibility index (Phi) is 9.23. The van der Waals surface area contributed by atoms with Crippen LogP contribution in [0.2, 0.25) is 0 Å². The lowest BCUT2D eigenvalue weighted by Gasteiger charge is -2.28. The van der Waals surface area contributed by atoms with Crippen molar-refractivity contribution in [1.29, 1.82) is 0 Å². The van der Waals surface area contributed by atoms with Crippen molar-refractivity contribution in [2.75, 3.05) is 26.2 Å². The van der Waals surface area contributed by atoms with Crippen LogP contribution in [-0.2, 0) is 11.2 Å². The van der Waals surface area contributed by atoms with E-state index in [1.54, 1.807) is 19.1 Å². The standard InChI is InChI=1S/C23H34N6O/c1-5-8-10-21-17(4)18(16-26-21)15-19(9-6-2)27-22(30)20(7-3)28-23(24)29-13-11-25-12-14-29/h1,7-8,10,16,19,25-26H,6,9,11-15H2,2-4H3,(H2,24,28)(H,27,30)/b10-8-,20-7-. The fraction of sp³-hybridized carbons (Fsp3) is 0.478. The zero-order valence-electron chi connectivity index (χ0n) is 18.3. The largest absolute Gasteiger partial charge is 0.369 e. The molecule has 1 saturated heterocycles. The van der Waals surface area contributed by atoms with Crippen LogP contribution in [0.1, 0.15) is 43.5 Å². The van der Waals surface area contributed by atoms with Crippen LogP contribution >= 0.6 is 0 Å². The number of piperazine rings is 1. The van der Waals surface area contributed by atoms with Gasteiger partial charge in [-0.2, -0.15) is 0 Å². The van der Waals surface area contributed by atoms with Crippen molar-refractivity contribution < 1.29 is 4.79 Å². The highest BCUT2D eigenvalue weighted by Crippen LogP contribution is 2.18. The van der Waals surface area contributed by atoms with E-state index in [2.05, 4.69) is 40.4 Å². The molecule has 1 atom stereocenters. The molecule has 30 heavy (non-hydrogen) atoms. The second kappa shape index (κ2) is 11.9. The van der Waals surface area contributed by atoms with Crippen LogP contribution in [0.5, 0.6) is 0 Å². The van der Waals surface area contributed by atoms with Crippen LogP contribution in [-0.4, -0.2) is 54.0 Å². The van der Waals surface area contributed by atoms with E-state index in [0.29, 0.717) is 11.7 Å². The highest BCUT2D eigenvalue weighted by atomic mass is 16.2. The van der Waals surface area contributed by atoms with Gasteiger partial charge >= 0.3 is 0 Å². The number of hydrogen-bond acceptors (Lipinski definition) is 3. The molecule has 5 N–H and O–H groups in total. The number of allylic oxidation sites excluding steroid dienone is 2. The lowest BCUT2D eigenvalue weighted by atomic mass is 10.0. The number of aromatic nitrogens is 1. The number of rotatable bonds is 8. The maximum absolute atomic E-state index is 12.9. The third-order valence-electron chi connectivity index (χ3n) is 5.25. The van der Waals surface area contributed by atoms with Gasteiger partial charge in [-0.05, 0) is 50.0 Å². The maximum atomic E-state index is 12.9. The zero-order valence-corrected chi connectivity index (χ0v) is 18.3. The van der Waals surface area contributed by atoms with Gasteiger partial charge < -0.3 is 26.3 Å². The molecule has 1 unspecified atom stereocenters. The Morgan fingerprint density at radius 3 is 2.83 bits per heavy atom. The molecule has 2 heterocycles. The summed E-state index contributed by atoms with van der Waals surface area (Å²) in [7, 11) is 0. The number of guanidine groups is 1. The Balaban J connectivity index is 2.07. The smallest absolute Gasteiger partial charge is 0.269 e. The Morgan fingerprint density at radius 2 is 2.20 bits per heavy atom. The van der Waals surface area contributed by atoms with Gasteiger partial charge in [-0.25, -0.2) is 4.99 Å². The normalized spacial score (nSPS) is 16.5. The van der Waals surface area contributed by atoms with Crippen molar-refractivity contribution in [1.82, 2.24) is 20.5 Å². The third-order valence-corrected chi connectivity index (χ3v) is 5.25. The van der Waals surface area contributed by atoms with Gasteiger partial charge in [0.25, 0.3) is 5.91 Å². The monoisotopic (exact) mass is 410 g/mol. The summed E-state index contributed by atoms with van der Waals surface area (Å²) in [5, 5.41) is 6.42. The van der Waals surface area contributed by atoms with E-state index in [9.17, 15) is 4.79 Å². The van der Waals surface area contributed by atoms with Gasteiger partial charge in [-0.1, -0.05) is 25.3 Å². The first-order chi connectivity index (χ1) is 14.5. The summed E-state index contributed by atoms with van der Waals surface area (Å²) >= 11 is 0. The molecular formula is C23H34N6O. The number of nitrogens with one attached hydrogen (secondary N) is 3. The van der Waals surface area contributed by atoms with Gasteiger partial charge in [0.05, 0.1) is 0 Å². The average molecular weight is 411 g/mol. The SMILES string of the molecule is C#C/C=C\c1[nH]cc(CC(CCC)NC(=O)/C(=C/C)N=C(N)N2CCNCC2)c1C. The number of carbonyl (C=O) groups excluding carboxylic acids is 1. The van der Waals surface area contributed by atoms with Crippen molar-refractivity contribution in [3.05, 3.63) is 40.9 Å². The minimum Gasteiger partial charge on any atom is -0.369 e. The molecule has 1 aromatic rings. The molecule has 0 saturated carbocycles. The first-order valence-electron chi connectivity index (χ1n) is 10.6. The molecule has 0 bridgehead atoms. The number of carbonyl (C=O) groups is 1. The predicted molar refractivity (Wildman–Crippen MR) is 124 cm³/mol. The third kappa shape index (κ3) is 6.53. The van der Waals surface area contributed by atoms with E-state index in [0.717, 1.165) is 62.3 Å². The van der Waals surface area contributed by atoms with Crippen LogP contribution < -0.4 is 16.4 Å². The summed E-state index contributed by atoms with van der Waals surface area (Å²) in [4.78, 5) is 22.5. The van der Waals surface area contributed by atoms with E-state index in [-0.39, 0.29) is 11.9 Å². The van der Waals surface area contributed by atoms with Gasteiger partial charge in [-0.3, -0.25) is 4.79 Å². The first-order valence-corrected chi connectivity index (χ1v) is 10.6. The van der Waals surface area contributed by atoms with Crippen LogP contribution in [0.3, 0.4) is 0 Å². The Morgan fingerprint density at radius 1 is 1.47 bits per heavy atom. The highest BCUT2D eigenvalue weighted by Gasteiger charge is 2.19. The molecular weight excluding hydrogens is 376 g/mol. The fourth-order valence-electron chi connectivity index (χ4n) is 3.50. The molecule has 0 aromatic carbocycles. The van der Waals surface area contributed by atoms with E-state index >= 15 is 0 Å². The molecule has 1 aromatic heterocycles. The molecule has 162 valence electrons. The van der Waals surface area contributed by atoms with E-state index in [4.69, 9.17) is 12.2 Å². The zero-order chi connectivity index (χ0) is 21.9. The number of nitrogens with two attached hydrogens (primary N) is 1. The molecule has 1 fully saturated rings. The number of aliphatic imine (C=N–C) groups is 1. The number of aromatic amines is 1.